The fourth-order valence-corrected chi connectivity index (χ4v) is 2.26. The Balaban J connectivity index is 2.48. The molecule has 0 amide bonds. The lowest BCUT2D eigenvalue weighted by Crippen LogP contribution is -2.15. The molecule has 0 saturated carbocycles. The summed E-state index contributed by atoms with van der Waals surface area (Å²) in [6, 6.07) is 8.73. The van der Waals surface area contributed by atoms with Gasteiger partial charge in [-0.1, -0.05) is 5.92 Å². The second kappa shape index (κ2) is 7.85. The number of hydrogen-bond acceptors (Lipinski definition) is 5. The van der Waals surface area contributed by atoms with E-state index in [0.717, 1.165) is 0 Å². The first kappa shape index (κ1) is 17.8. The number of aryl methyl sites for hydroxylation is 2. The highest BCUT2D eigenvalue weighted by Gasteiger charge is 2.16. The number of carbonyl (C=O) groups excluding carboxylic acids is 1. The summed E-state index contributed by atoms with van der Waals surface area (Å²) in [5, 5.41) is 13.5. The Kier molecular flexibility index (Phi) is 5.60. The lowest BCUT2D eigenvalue weighted by atomic mass is 10.1. The van der Waals surface area contributed by atoms with Crippen LogP contribution in [0.2, 0.25) is 0 Å². The van der Waals surface area contributed by atoms with Gasteiger partial charge in [-0.05, 0) is 44.2 Å². The van der Waals surface area contributed by atoms with Gasteiger partial charge in [0.05, 0.1) is 12.8 Å². The summed E-state index contributed by atoms with van der Waals surface area (Å²) in [6.45, 7) is 3.60. The number of allylic oxidation sites excluding steroid dienone is 1. The molecular weight excluding hydrogens is 318 g/mol. The number of methoxy groups -OCH3 is 1. The molecular formula is C19H17N3O3. The van der Waals surface area contributed by atoms with Crippen LogP contribution in [-0.2, 0) is 0 Å². The molecule has 0 N–H and O–H groups in total. The minimum Gasteiger partial charge on any atom is -0.497 e. The van der Waals surface area contributed by atoms with Crippen LogP contribution >= 0.6 is 0 Å². The third kappa shape index (κ3) is 4.07. The molecule has 0 atom stereocenters. The van der Waals surface area contributed by atoms with Crippen LogP contribution in [-0.4, -0.2) is 29.4 Å². The maximum absolute atomic E-state index is 12.6. The van der Waals surface area contributed by atoms with Gasteiger partial charge in [0.15, 0.2) is 0 Å². The Hall–Kier alpha value is -3.51. The van der Waals surface area contributed by atoms with Gasteiger partial charge < -0.3 is 9.47 Å². The highest BCUT2D eigenvalue weighted by atomic mass is 16.5. The van der Waals surface area contributed by atoms with E-state index in [2.05, 4.69) is 11.0 Å². The lowest BCUT2D eigenvalue weighted by molar-refractivity contribution is 0.0943. The van der Waals surface area contributed by atoms with Crippen molar-refractivity contribution in [1.29, 1.82) is 5.26 Å². The van der Waals surface area contributed by atoms with Crippen molar-refractivity contribution < 1.29 is 14.3 Å². The fourth-order valence-electron chi connectivity index (χ4n) is 2.26. The number of benzene rings is 1. The quantitative estimate of drug-likeness (QED) is 0.477. The molecule has 0 aliphatic heterocycles. The minimum atomic E-state index is -0.515. The minimum absolute atomic E-state index is 0.0699. The Morgan fingerprint density at radius 1 is 1.40 bits per heavy atom. The SMILES string of the molecule is C#CCOc1ccc(OC)cc1/C=C(\C#N)C(=O)n1nc(C)cc1C. The molecule has 1 aromatic carbocycles. The number of ether oxygens (including phenoxy) is 2. The zero-order valence-corrected chi connectivity index (χ0v) is 14.2. The first-order valence-electron chi connectivity index (χ1n) is 7.44. The van der Waals surface area contributed by atoms with Crippen molar-refractivity contribution in [2.24, 2.45) is 0 Å². The van der Waals surface area contributed by atoms with Crippen LogP contribution in [0.15, 0.2) is 29.8 Å². The normalized spacial score (nSPS) is 10.7. The average Bonchev–Trinajstić information content (AvgIpc) is 2.95. The van der Waals surface area contributed by atoms with Gasteiger partial charge in [-0.3, -0.25) is 4.79 Å². The van der Waals surface area contributed by atoms with Gasteiger partial charge in [-0.2, -0.15) is 10.4 Å². The molecule has 126 valence electrons. The van der Waals surface area contributed by atoms with E-state index in [9.17, 15) is 10.1 Å². The molecule has 2 rings (SSSR count). The predicted molar refractivity (Wildman–Crippen MR) is 93.2 cm³/mol. The van der Waals surface area contributed by atoms with Gasteiger partial charge in [-0.25, -0.2) is 4.68 Å². The molecule has 0 saturated heterocycles. The molecule has 0 radical (unpaired) electrons. The number of nitrogens with zero attached hydrogens (tertiary/aromatic N) is 3. The summed E-state index contributed by atoms with van der Waals surface area (Å²) in [6.07, 6.45) is 6.66. The summed E-state index contributed by atoms with van der Waals surface area (Å²) >= 11 is 0. The molecule has 6 heteroatoms. The zero-order chi connectivity index (χ0) is 18.4. The first-order valence-corrected chi connectivity index (χ1v) is 7.44. The molecule has 1 heterocycles. The number of carbonyl (C=O) groups is 1. The molecule has 0 unspecified atom stereocenters. The number of nitriles is 1. The topological polar surface area (TPSA) is 77.1 Å². The standard InChI is InChI=1S/C19H17N3O3/c1-5-8-25-18-7-6-17(24-4)11-15(18)10-16(12-20)19(23)22-14(3)9-13(2)21-22/h1,6-7,9-11H,8H2,2-4H3/b16-10+. The van der Waals surface area contributed by atoms with Crippen LogP contribution in [0.4, 0.5) is 0 Å². The van der Waals surface area contributed by atoms with Crippen molar-refractivity contribution in [3.63, 3.8) is 0 Å². The van der Waals surface area contributed by atoms with Gasteiger partial charge >= 0.3 is 0 Å². The van der Waals surface area contributed by atoms with Crippen LogP contribution in [0.3, 0.4) is 0 Å². The largest absolute Gasteiger partial charge is 0.497 e. The molecule has 25 heavy (non-hydrogen) atoms. The van der Waals surface area contributed by atoms with E-state index in [4.69, 9.17) is 15.9 Å². The Morgan fingerprint density at radius 3 is 2.72 bits per heavy atom. The highest BCUT2D eigenvalue weighted by molar-refractivity contribution is 6.03. The van der Waals surface area contributed by atoms with Gasteiger partial charge in [0.2, 0.25) is 0 Å². The van der Waals surface area contributed by atoms with Crippen LogP contribution < -0.4 is 9.47 Å². The molecule has 0 bridgehead atoms. The zero-order valence-electron chi connectivity index (χ0n) is 14.2. The Bertz CT molecular complexity index is 911. The third-order valence-corrected chi connectivity index (χ3v) is 3.38. The van der Waals surface area contributed by atoms with Crippen molar-refractivity contribution in [2.45, 2.75) is 13.8 Å². The van der Waals surface area contributed by atoms with Crippen LogP contribution in [0.1, 0.15) is 21.7 Å². The second-order valence-electron chi connectivity index (χ2n) is 5.21. The third-order valence-electron chi connectivity index (χ3n) is 3.38. The van der Waals surface area contributed by atoms with Crippen molar-refractivity contribution in [1.82, 2.24) is 9.78 Å². The Morgan fingerprint density at radius 2 is 2.16 bits per heavy atom. The lowest BCUT2D eigenvalue weighted by Gasteiger charge is -2.09. The molecule has 0 aliphatic rings. The van der Waals surface area contributed by atoms with E-state index in [0.29, 0.717) is 28.5 Å². The summed E-state index contributed by atoms with van der Waals surface area (Å²) in [7, 11) is 1.52. The summed E-state index contributed by atoms with van der Waals surface area (Å²) in [5.74, 6) is 2.88. The molecule has 6 nitrogen and oxygen atoms in total. The number of rotatable bonds is 5. The van der Waals surface area contributed by atoms with E-state index in [1.54, 1.807) is 38.1 Å². The monoisotopic (exact) mass is 335 g/mol. The van der Waals surface area contributed by atoms with Gasteiger partial charge in [-0.15, -0.1) is 6.42 Å². The van der Waals surface area contributed by atoms with Crippen LogP contribution in [0.5, 0.6) is 11.5 Å². The van der Waals surface area contributed by atoms with Gasteiger partial charge in [0.25, 0.3) is 5.91 Å². The van der Waals surface area contributed by atoms with Crippen molar-refractivity contribution in [3.05, 3.63) is 46.8 Å². The van der Waals surface area contributed by atoms with Crippen LogP contribution in [0.25, 0.3) is 6.08 Å². The number of terminal acetylenes is 1. The molecule has 1 aromatic heterocycles. The van der Waals surface area contributed by atoms with E-state index >= 15 is 0 Å². The summed E-state index contributed by atoms with van der Waals surface area (Å²) in [5.41, 5.74) is 1.78. The molecule has 0 aliphatic carbocycles. The molecule has 0 spiro atoms. The maximum Gasteiger partial charge on any atom is 0.289 e. The van der Waals surface area contributed by atoms with Crippen molar-refractivity contribution >= 4 is 12.0 Å². The van der Waals surface area contributed by atoms with E-state index in [1.165, 1.54) is 17.9 Å². The van der Waals surface area contributed by atoms with E-state index in [1.807, 2.05) is 6.07 Å². The molecule has 2 aromatic rings. The number of hydrogen-bond donors (Lipinski definition) is 0. The maximum atomic E-state index is 12.6. The predicted octanol–water partition coefficient (Wildman–Crippen LogP) is 2.77. The Labute approximate surface area is 146 Å². The fraction of sp³-hybridized carbons (Fsp3) is 0.211. The van der Waals surface area contributed by atoms with Crippen molar-refractivity contribution in [2.75, 3.05) is 13.7 Å². The van der Waals surface area contributed by atoms with Crippen LogP contribution in [0, 0.1) is 37.5 Å². The highest BCUT2D eigenvalue weighted by Crippen LogP contribution is 2.27. The smallest absolute Gasteiger partial charge is 0.289 e. The van der Waals surface area contributed by atoms with Crippen molar-refractivity contribution in [3.8, 4) is 29.9 Å². The van der Waals surface area contributed by atoms with Gasteiger partial charge in [0, 0.05) is 11.3 Å². The molecule has 0 fully saturated rings. The van der Waals surface area contributed by atoms with E-state index in [-0.39, 0.29) is 12.2 Å². The second-order valence-corrected chi connectivity index (χ2v) is 5.21. The van der Waals surface area contributed by atoms with Gasteiger partial charge in [0.1, 0.15) is 29.7 Å². The van der Waals surface area contributed by atoms with E-state index < -0.39 is 5.91 Å². The summed E-state index contributed by atoms with van der Waals surface area (Å²) < 4.78 is 11.9. The number of aromatic nitrogens is 2. The first-order chi connectivity index (χ1) is 12.0. The summed E-state index contributed by atoms with van der Waals surface area (Å²) in [4.78, 5) is 12.6. The average molecular weight is 335 g/mol.